The van der Waals surface area contributed by atoms with Gasteiger partial charge >= 0.3 is 0 Å². The second kappa shape index (κ2) is 9.51. The van der Waals surface area contributed by atoms with Gasteiger partial charge < -0.3 is 4.74 Å². The Bertz CT molecular complexity index is 1230. The molecule has 0 spiro atoms. The number of hydrogen-bond acceptors (Lipinski definition) is 5. The van der Waals surface area contributed by atoms with Gasteiger partial charge in [-0.25, -0.2) is 21.1 Å². The lowest BCUT2D eigenvalue weighted by atomic mass is 10.2. The maximum Gasteiger partial charge on any atom is 0.262 e. The molecule has 0 saturated heterocycles. The van der Waals surface area contributed by atoms with Crippen LogP contribution in [0.25, 0.3) is 0 Å². The first kappa shape index (κ1) is 22.8. The Balaban J connectivity index is 1.86. The van der Waals surface area contributed by atoms with Crippen LogP contribution in [0, 0.1) is 0 Å². The van der Waals surface area contributed by atoms with Gasteiger partial charge in [0.1, 0.15) is 5.75 Å². The molecular weight excluding hydrogens is 436 g/mol. The lowest BCUT2D eigenvalue weighted by Gasteiger charge is -2.19. The van der Waals surface area contributed by atoms with Gasteiger partial charge in [0.25, 0.3) is 10.0 Å². The molecule has 164 valence electrons. The first-order valence-electron chi connectivity index (χ1n) is 9.50. The van der Waals surface area contributed by atoms with Gasteiger partial charge in [0.05, 0.1) is 22.6 Å². The van der Waals surface area contributed by atoms with Crippen LogP contribution in [0.15, 0.2) is 88.7 Å². The first-order valence-corrected chi connectivity index (χ1v) is 12.4. The number of nitrogens with zero attached hydrogens (tertiary/aromatic N) is 1. The molecule has 0 aromatic heterocycles. The molecule has 9 heteroatoms. The number of ether oxygens (including phenoxy) is 1. The van der Waals surface area contributed by atoms with Crippen molar-refractivity contribution in [1.82, 2.24) is 4.31 Å². The van der Waals surface area contributed by atoms with Gasteiger partial charge in [0, 0.05) is 13.6 Å². The summed E-state index contributed by atoms with van der Waals surface area (Å²) in [6.07, 6.45) is 0.556. The Hall–Kier alpha value is -2.88. The second-order valence-corrected chi connectivity index (χ2v) is 10.6. The third-order valence-electron chi connectivity index (χ3n) is 4.74. The third-order valence-corrected chi connectivity index (χ3v) is 7.97. The van der Waals surface area contributed by atoms with Crippen LogP contribution in [0.3, 0.4) is 0 Å². The average molecular weight is 461 g/mol. The molecule has 0 bridgehead atoms. The molecule has 3 rings (SSSR count). The van der Waals surface area contributed by atoms with Crippen LogP contribution >= 0.6 is 0 Å². The minimum absolute atomic E-state index is 0.0328. The maximum atomic E-state index is 13.0. The molecule has 0 radical (unpaired) electrons. The van der Waals surface area contributed by atoms with Crippen molar-refractivity contribution in [2.45, 2.75) is 16.2 Å². The van der Waals surface area contributed by atoms with Crippen LogP contribution in [0.1, 0.15) is 5.56 Å². The summed E-state index contributed by atoms with van der Waals surface area (Å²) in [5.41, 5.74) is 1.07. The van der Waals surface area contributed by atoms with Gasteiger partial charge in [-0.3, -0.25) is 4.72 Å². The van der Waals surface area contributed by atoms with E-state index in [1.54, 1.807) is 18.2 Å². The van der Waals surface area contributed by atoms with Crippen LogP contribution in [0.5, 0.6) is 5.75 Å². The molecule has 0 aliphatic carbocycles. The van der Waals surface area contributed by atoms with Crippen molar-refractivity contribution >= 4 is 25.7 Å². The van der Waals surface area contributed by atoms with Crippen LogP contribution < -0.4 is 9.46 Å². The maximum absolute atomic E-state index is 13.0. The average Bonchev–Trinajstić information content (AvgIpc) is 2.78. The Morgan fingerprint density at radius 3 is 2.06 bits per heavy atom. The van der Waals surface area contributed by atoms with Gasteiger partial charge in [-0.05, 0) is 42.3 Å². The zero-order chi connectivity index (χ0) is 22.5. The lowest BCUT2D eigenvalue weighted by Crippen LogP contribution is -2.29. The summed E-state index contributed by atoms with van der Waals surface area (Å²) >= 11 is 0. The minimum Gasteiger partial charge on any atom is -0.495 e. The highest BCUT2D eigenvalue weighted by atomic mass is 32.2. The second-order valence-electron chi connectivity index (χ2n) is 6.84. The summed E-state index contributed by atoms with van der Waals surface area (Å²) in [7, 11) is -4.87. The highest BCUT2D eigenvalue weighted by Gasteiger charge is 2.24. The molecule has 3 aromatic rings. The van der Waals surface area contributed by atoms with Gasteiger partial charge in [0.15, 0.2) is 0 Å². The summed E-state index contributed by atoms with van der Waals surface area (Å²) < 4.78 is 60.4. The molecule has 1 N–H and O–H groups in total. The van der Waals surface area contributed by atoms with Crippen molar-refractivity contribution in [3.05, 3.63) is 84.4 Å². The van der Waals surface area contributed by atoms with Crippen molar-refractivity contribution in [1.29, 1.82) is 0 Å². The Morgan fingerprint density at radius 2 is 1.45 bits per heavy atom. The van der Waals surface area contributed by atoms with E-state index in [2.05, 4.69) is 4.72 Å². The van der Waals surface area contributed by atoms with Crippen LogP contribution in [0.2, 0.25) is 0 Å². The number of hydrogen-bond donors (Lipinski definition) is 1. The number of likely N-dealkylation sites (N-methyl/N-ethyl adjacent to an activating group) is 1. The molecular formula is C22H24N2O5S2. The summed E-state index contributed by atoms with van der Waals surface area (Å²) in [6.45, 7) is 0.281. The number of benzene rings is 3. The number of nitrogens with one attached hydrogen (secondary N) is 1. The molecule has 0 aliphatic rings. The predicted molar refractivity (Wildman–Crippen MR) is 120 cm³/mol. The SMILES string of the molecule is COc1ccc(S(=O)(=O)N(C)CCc2ccccc2)cc1NS(=O)(=O)c1ccccc1. The number of anilines is 1. The Kier molecular flexibility index (Phi) is 6.99. The highest BCUT2D eigenvalue weighted by Crippen LogP contribution is 2.30. The molecule has 7 nitrogen and oxygen atoms in total. The van der Waals surface area contributed by atoms with Crippen LogP contribution in [-0.4, -0.2) is 41.8 Å². The lowest BCUT2D eigenvalue weighted by molar-refractivity contribution is 0.416. The van der Waals surface area contributed by atoms with E-state index in [1.807, 2.05) is 30.3 Å². The van der Waals surface area contributed by atoms with Crippen molar-refractivity contribution in [3.8, 4) is 5.75 Å². The fraction of sp³-hybridized carbons (Fsp3) is 0.182. The first-order chi connectivity index (χ1) is 14.7. The van der Waals surface area contributed by atoms with Crippen molar-refractivity contribution in [2.75, 3.05) is 25.4 Å². The molecule has 3 aromatic carbocycles. The Morgan fingerprint density at radius 1 is 0.839 bits per heavy atom. The van der Waals surface area contributed by atoms with E-state index in [1.165, 1.54) is 48.8 Å². The van der Waals surface area contributed by atoms with Gasteiger partial charge in [-0.1, -0.05) is 48.5 Å². The van der Waals surface area contributed by atoms with E-state index in [0.717, 1.165) is 5.56 Å². The molecule has 0 atom stereocenters. The quantitative estimate of drug-likeness (QED) is 0.529. The summed E-state index contributed by atoms with van der Waals surface area (Å²) in [5.74, 6) is 0.213. The smallest absolute Gasteiger partial charge is 0.262 e. The molecule has 0 aliphatic heterocycles. The van der Waals surface area contributed by atoms with Gasteiger partial charge in [-0.15, -0.1) is 0 Å². The molecule has 0 heterocycles. The Labute approximate surface area is 183 Å². The topological polar surface area (TPSA) is 92.8 Å². The molecule has 0 amide bonds. The van der Waals surface area contributed by atoms with Gasteiger partial charge in [-0.2, -0.15) is 0 Å². The summed E-state index contributed by atoms with van der Waals surface area (Å²) in [4.78, 5) is 0.0277. The zero-order valence-corrected chi connectivity index (χ0v) is 18.9. The molecule has 0 fully saturated rings. The number of sulfonamides is 2. The van der Waals surface area contributed by atoms with Crippen molar-refractivity contribution in [3.63, 3.8) is 0 Å². The summed E-state index contributed by atoms with van der Waals surface area (Å²) in [6, 6.07) is 21.5. The van der Waals surface area contributed by atoms with E-state index >= 15 is 0 Å². The number of rotatable bonds is 9. The normalized spacial score (nSPS) is 12.0. The fourth-order valence-electron chi connectivity index (χ4n) is 2.96. The molecule has 0 unspecified atom stereocenters. The monoisotopic (exact) mass is 460 g/mol. The van der Waals surface area contributed by atoms with E-state index < -0.39 is 20.0 Å². The largest absolute Gasteiger partial charge is 0.495 e. The van der Waals surface area contributed by atoms with E-state index in [-0.39, 0.29) is 27.8 Å². The van der Waals surface area contributed by atoms with Crippen molar-refractivity contribution in [2.24, 2.45) is 0 Å². The van der Waals surface area contributed by atoms with E-state index in [0.29, 0.717) is 6.42 Å². The fourth-order valence-corrected chi connectivity index (χ4v) is 5.24. The van der Waals surface area contributed by atoms with Crippen molar-refractivity contribution < 1.29 is 21.6 Å². The number of methoxy groups -OCH3 is 1. The highest BCUT2D eigenvalue weighted by molar-refractivity contribution is 7.92. The molecule has 0 saturated carbocycles. The van der Waals surface area contributed by atoms with Crippen LogP contribution in [-0.2, 0) is 26.5 Å². The zero-order valence-electron chi connectivity index (χ0n) is 17.2. The van der Waals surface area contributed by atoms with Crippen LogP contribution in [0.4, 0.5) is 5.69 Å². The standard InChI is InChI=1S/C22H24N2O5S2/c1-24(16-15-18-9-5-3-6-10-18)31(27,28)20-13-14-22(29-2)21(17-20)23-30(25,26)19-11-7-4-8-12-19/h3-14,17,23H,15-16H2,1-2H3. The predicted octanol–water partition coefficient (Wildman–Crippen LogP) is 3.36. The minimum atomic E-state index is -3.91. The third kappa shape index (κ3) is 5.43. The molecule has 31 heavy (non-hydrogen) atoms. The van der Waals surface area contributed by atoms with E-state index in [4.69, 9.17) is 4.74 Å². The summed E-state index contributed by atoms with van der Waals surface area (Å²) in [5, 5.41) is 0. The van der Waals surface area contributed by atoms with Gasteiger partial charge in [0.2, 0.25) is 10.0 Å². The van der Waals surface area contributed by atoms with E-state index in [9.17, 15) is 16.8 Å².